The van der Waals surface area contributed by atoms with Gasteiger partial charge < -0.3 is 10.2 Å². The number of hydrogen-bond donors (Lipinski definition) is 1. The van der Waals surface area contributed by atoms with Crippen LogP contribution < -0.4 is 5.32 Å². The SMILES string of the molecule is O=C(c1ccc(C2CC2)cn1)N1CCNCC1c1cccnc1. The maximum atomic E-state index is 12.9. The fourth-order valence-electron chi connectivity index (χ4n) is 3.16. The largest absolute Gasteiger partial charge is 0.328 e. The van der Waals surface area contributed by atoms with Crippen molar-refractivity contribution in [3.8, 4) is 0 Å². The van der Waals surface area contributed by atoms with E-state index in [1.54, 1.807) is 6.20 Å². The van der Waals surface area contributed by atoms with Gasteiger partial charge in [-0.3, -0.25) is 14.8 Å². The first-order chi connectivity index (χ1) is 11.3. The Morgan fingerprint density at radius 2 is 2.09 bits per heavy atom. The second-order valence-electron chi connectivity index (χ2n) is 6.26. The minimum absolute atomic E-state index is 0.00250. The Morgan fingerprint density at radius 3 is 2.78 bits per heavy atom. The van der Waals surface area contributed by atoms with Crippen molar-refractivity contribution in [3.05, 3.63) is 59.7 Å². The predicted octanol–water partition coefficient (Wildman–Crippen LogP) is 2.14. The van der Waals surface area contributed by atoms with Crippen LogP contribution in [0.1, 0.15) is 46.4 Å². The lowest BCUT2D eigenvalue weighted by Crippen LogP contribution is -2.48. The highest BCUT2D eigenvalue weighted by molar-refractivity contribution is 5.92. The third-order valence-electron chi connectivity index (χ3n) is 4.63. The van der Waals surface area contributed by atoms with Crippen LogP contribution in [0, 0.1) is 0 Å². The second-order valence-corrected chi connectivity index (χ2v) is 6.26. The number of nitrogens with zero attached hydrogens (tertiary/aromatic N) is 3. The molecule has 1 aliphatic heterocycles. The van der Waals surface area contributed by atoms with E-state index in [0.29, 0.717) is 18.2 Å². The molecule has 1 N–H and O–H groups in total. The number of carbonyl (C=O) groups excluding carboxylic acids is 1. The van der Waals surface area contributed by atoms with Crippen molar-refractivity contribution in [2.45, 2.75) is 24.8 Å². The van der Waals surface area contributed by atoms with Crippen molar-refractivity contribution in [3.63, 3.8) is 0 Å². The van der Waals surface area contributed by atoms with E-state index in [1.807, 2.05) is 35.5 Å². The Morgan fingerprint density at radius 1 is 1.17 bits per heavy atom. The molecule has 118 valence electrons. The summed E-state index contributed by atoms with van der Waals surface area (Å²) in [7, 11) is 0. The van der Waals surface area contributed by atoms with Crippen LogP contribution in [0.25, 0.3) is 0 Å². The van der Waals surface area contributed by atoms with Crippen LogP contribution in [0.5, 0.6) is 0 Å². The van der Waals surface area contributed by atoms with Crippen molar-refractivity contribution >= 4 is 5.91 Å². The average molecular weight is 308 g/mol. The molecule has 1 aliphatic carbocycles. The molecule has 1 atom stereocenters. The maximum absolute atomic E-state index is 12.9. The Hall–Kier alpha value is -2.27. The van der Waals surface area contributed by atoms with Gasteiger partial charge in [0.15, 0.2) is 0 Å². The van der Waals surface area contributed by atoms with Gasteiger partial charge in [0.1, 0.15) is 5.69 Å². The van der Waals surface area contributed by atoms with E-state index in [0.717, 1.165) is 18.7 Å². The van der Waals surface area contributed by atoms with Crippen LogP contribution in [-0.2, 0) is 0 Å². The molecule has 3 heterocycles. The molecule has 1 saturated heterocycles. The summed E-state index contributed by atoms with van der Waals surface area (Å²) < 4.78 is 0. The van der Waals surface area contributed by atoms with Gasteiger partial charge in [0, 0.05) is 38.2 Å². The van der Waals surface area contributed by atoms with E-state index < -0.39 is 0 Å². The molecule has 5 heteroatoms. The van der Waals surface area contributed by atoms with Crippen molar-refractivity contribution in [2.75, 3.05) is 19.6 Å². The molecular weight excluding hydrogens is 288 g/mol. The number of amides is 1. The van der Waals surface area contributed by atoms with E-state index in [-0.39, 0.29) is 11.9 Å². The van der Waals surface area contributed by atoms with E-state index in [2.05, 4.69) is 21.4 Å². The first-order valence-corrected chi connectivity index (χ1v) is 8.20. The molecule has 2 aromatic rings. The van der Waals surface area contributed by atoms with Crippen molar-refractivity contribution in [1.29, 1.82) is 0 Å². The fourth-order valence-corrected chi connectivity index (χ4v) is 3.16. The van der Waals surface area contributed by atoms with Crippen LogP contribution in [0.15, 0.2) is 42.9 Å². The number of piperazine rings is 1. The number of aromatic nitrogens is 2. The minimum Gasteiger partial charge on any atom is -0.328 e. The fraction of sp³-hybridized carbons (Fsp3) is 0.389. The molecule has 2 fully saturated rings. The Bertz CT molecular complexity index is 682. The van der Waals surface area contributed by atoms with Gasteiger partial charge in [0.05, 0.1) is 6.04 Å². The second kappa shape index (κ2) is 6.08. The summed E-state index contributed by atoms with van der Waals surface area (Å²) in [6.07, 6.45) is 7.95. The Balaban J connectivity index is 1.57. The van der Waals surface area contributed by atoms with Gasteiger partial charge in [0.25, 0.3) is 5.91 Å². The molecular formula is C18H20N4O. The standard InChI is InChI=1S/C18H20N4O/c23-18(16-6-5-14(11-21-16)13-3-4-13)22-9-8-20-12-17(22)15-2-1-7-19-10-15/h1-2,5-7,10-11,13,17,20H,3-4,8-9,12H2. The van der Waals surface area contributed by atoms with Gasteiger partial charge in [-0.25, -0.2) is 0 Å². The van der Waals surface area contributed by atoms with E-state index in [1.165, 1.54) is 18.4 Å². The van der Waals surface area contributed by atoms with Gasteiger partial charge in [-0.1, -0.05) is 12.1 Å². The van der Waals surface area contributed by atoms with Gasteiger partial charge in [-0.15, -0.1) is 0 Å². The van der Waals surface area contributed by atoms with Crippen molar-refractivity contribution < 1.29 is 4.79 Å². The number of rotatable bonds is 3. The van der Waals surface area contributed by atoms with Crippen LogP contribution in [0.3, 0.4) is 0 Å². The quantitative estimate of drug-likeness (QED) is 0.944. The molecule has 23 heavy (non-hydrogen) atoms. The van der Waals surface area contributed by atoms with Gasteiger partial charge in [-0.2, -0.15) is 0 Å². The van der Waals surface area contributed by atoms with Crippen LogP contribution in [0.4, 0.5) is 0 Å². The topological polar surface area (TPSA) is 58.1 Å². The van der Waals surface area contributed by atoms with Crippen molar-refractivity contribution in [2.24, 2.45) is 0 Å². The Labute approximate surface area is 135 Å². The van der Waals surface area contributed by atoms with E-state index in [9.17, 15) is 4.79 Å². The summed E-state index contributed by atoms with van der Waals surface area (Å²) in [6, 6.07) is 7.87. The molecule has 1 unspecified atom stereocenters. The maximum Gasteiger partial charge on any atom is 0.273 e. The zero-order chi connectivity index (χ0) is 15.6. The summed E-state index contributed by atoms with van der Waals surface area (Å²) in [5.41, 5.74) is 2.85. The number of pyridine rings is 2. The molecule has 0 aromatic carbocycles. The molecule has 0 radical (unpaired) electrons. The molecule has 0 spiro atoms. The molecule has 5 nitrogen and oxygen atoms in total. The number of carbonyl (C=O) groups is 1. The lowest BCUT2D eigenvalue weighted by atomic mass is 10.0. The summed E-state index contributed by atoms with van der Waals surface area (Å²) >= 11 is 0. The summed E-state index contributed by atoms with van der Waals surface area (Å²) in [6.45, 7) is 2.24. The van der Waals surface area contributed by atoms with Crippen LogP contribution in [0.2, 0.25) is 0 Å². The Kier molecular flexibility index (Phi) is 3.79. The lowest BCUT2D eigenvalue weighted by Gasteiger charge is -2.36. The molecule has 0 bridgehead atoms. The smallest absolute Gasteiger partial charge is 0.273 e. The summed E-state index contributed by atoms with van der Waals surface area (Å²) in [5, 5.41) is 3.36. The monoisotopic (exact) mass is 308 g/mol. The first kappa shape index (κ1) is 14.3. The number of hydrogen-bond acceptors (Lipinski definition) is 4. The summed E-state index contributed by atoms with van der Waals surface area (Å²) in [4.78, 5) is 23.4. The normalized spacial score (nSPS) is 21.2. The molecule has 1 saturated carbocycles. The molecule has 2 aromatic heterocycles. The third-order valence-corrected chi connectivity index (χ3v) is 4.63. The lowest BCUT2D eigenvalue weighted by molar-refractivity contribution is 0.0628. The molecule has 1 amide bonds. The van der Waals surface area contributed by atoms with E-state index in [4.69, 9.17) is 0 Å². The predicted molar refractivity (Wildman–Crippen MR) is 87.1 cm³/mol. The van der Waals surface area contributed by atoms with Gasteiger partial charge >= 0.3 is 0 Å². The molecule has 2 aliphatic rings. The average Bonchev–Trinajstić information content (AvgIpc) is 3.47. The first-order valence-electron chi connectivity index (χ1n) is 8.20. The van der Waals surface area contributed by atoms with Gasteiger partial charge in [-0.05, 0) is 42.0 Å². The highest BCUT2D eigenvalue weighted by Gasteiger charge is 2.30. The van der Waals surface area contributed by atoms with Crippen LogP contribution in [-0.4, -0.2) is 40.4 Å². The molecule has 4 rings (SSSR count). The summed E-state index contributed by atoms with van der Waals surface area (Å²) in [5.74, 6) is 0.664. The van der Waals surface area contributed by atoms with Crippen molar-refractivity contribution in [1.82, 2.24) is 20.2 Å². The zero-order valence-electron chi connectivity index (χ0n) is 13.0. The third kappa shape index (κ3) is 2.97. The van der Waals surface area contributed by atoms with E-state index >= 15 is 0 Å². The highest BCUT2D eigenvalue weighted by Crippen LogP contribution is 2.39. The number of nitrogens with one attached hydrogen (secondary N) is 1. The highest BCUT2D eigenvalue weighted by atomic mass is 16.2. The zero-order valence-corrected chi connectivity index (χ0v) is 13.0. The van der Waals surface area contributed by atoms with Crippen LogP contribution >= 0.6 is 0 Å². The van der Waals surface area contributed by atoms with Gasteiger partial charge in [0.2, 0.25) is 0 Å². The minimum atomic E-state index is 0.00250.